The lowest BCUT2D eigenvalue weighted by Crippen LogP contribution is -2.32. The Morgan fingerprint density at radius 1 is 1.30 bits per heavy atom. The second-order valence-electron chi connectivity index (χ2n) is 5.96. The van der Waals surface area contributed by atoms with Gasteiger partial charge >= 0.3 is 6.18 Å². The molecule has 3 heterocycles. The number of carbonyl (C=O) groups excluding carboxylic acids is 1. The van der Waals surface area contributed by atoms with Crippen LogP contribution in [0, 0.1) is 5.92 Å². The number of Topliss-reactive ketones (excluding diaryl/α,β-unsaturated/α-hetero) is 1. The van der Waals surface area contributed by atoms with Crippen molar-refractivity contribution in [3.05, 3.63) is 23.4 Å². The summed E-state index contributed by atoms with van der Waals surface area (Å²) in [5, 5.41) is -0.0418. The first-order valence-electron chi connectivity index (χ1n) is 7.36. The molecule has 2 fully saturated rings. The molecular weight excluding hydrogens is 331 g/mol. The number of aromatic nitrogens is 1. The SMILES string of the molecule is COc1ncc(C(F)(F)F)cc1C(=O)C1CC2CCC(C1)S2=O. The van der Waals surface area contributed by atoms with E-state index in [1.54, 1.807) is 0 Å². The predicted octanol–water partition coefficient (Wildman–Crippen LogP) is 2.98. The number of nitrogens with zero attached hydrogens (tertiary/aromatic N) is 1. The summed E-state index contributed by atoms with van der Waals surface area (Å²) in [5.41, 5.74) is -1.11. The number of halogens is 3. The number of pyridine rings is 1. The second-order valence-corrected chi connectivity index (χ2v) is 7.95. The topological polar surface area (TPSA) is 56.3 Å². The summed E-state index contributed by atoms with van der Waals surface area (Å²) in [4.78, 5) is 16.3. The van der Waals surface area contributed by atoms with E-state index in [2.05, 4.69) is 4.98 Å². The van der Waals surface area contributed by atoms with Gasteiger partial charge < -0.3 is 4.74 Å². The summed E-state index contributed by atoms with van der Waals surface area (Å²) in [7, 11) is 0.353. The highest BCUT2D eigenvalue weighted by molar-refractivity contribution is 7.86. The first-order valence-corrected chi connectivity index (χ1v) is 8.63. The van der Waals surface area contributed by atoms with Crippen molar-refractivity contribution in [2.45, 2.75) is 42.4 Å². The van der Waals surface area contributed by atoms with Crippen molar-refractivity contribution < 1.29 is 26.9 Å². The molecule has 4 nitrogen and oxygen atoms in total. The number of rotatable bonds is 3. The van der Waals surface area contributed by atoms with E-state index in [4.69, 9.17) is 4.74 Å². The molecule has 2 aliphatic heterocycles. The van der Waals surface area contributed by atoms with Gasteiger partial charge in [0.05, 0.1) is 18.2 Å². The van der Waals surface area contributed by atoms with Crippen molar-refractivity contribution in [3.8, 4) is 5.88 Å². The van der Waals surface area contributed by atoms with Gasteiger partial charge in [0, 0.05) is 33.4 Å². The van der Waals surface area contributed by atoms with Crippen molar-refractivity contribution in [3.63, 3.8) is 0 Å². The Hall–Kier alpha value is -1.44. The third kappa shape index (κ3) is 3.00. The van der Waals surface area contributed by atoms with Gasteiger partial charge in [-0.15, -0.1) is 0 Å². The van der Waals surface area contributed by atoms with Gasteiger partial charge in [0.15, 0.2) is 5.78 Å². The molecule has 0 aliphatic carbocycles. The lowest BCUT2D eigenvalue weighted by Gasteiger charge is -2.26. The number of carbonyl (C=O) groups is 1. The lowest BCUT2D eigenvalue weighted by atomic mass is 9.90. The molecule has 1 aromatic rings. The molecule has 126 valence electrons. The largest absolute Gasteiger partial charge is 0.480 e. The second kappa shape index (κ2) is 5.89. The molecule has 2 aliphatic rings. The van der Waals surface area contributed by atoms with Crippen LogP contribution < -0.4 is 4.74 Å². The zero-order valence-corrected chi connectivity index (χ0v) is 13.2. The van der Waals surface area contributed by atoms with Gasteiger partial charge in [0.2, 0.25) is 5.88 Å². The number of hydrogen-bond donors (Lipinski definition) is 0. The highest BCUT2D eigenvalue weighted by Gasteiger charge is 2.43. The van der Waals surface area contributed by atoms with E-state index in [-0.39, 0.29) is 21.9 Å². The molecule has 2 saturated heterocycles. The average molecular weight is 347 g/mol. The van der Waals surface area contributed by atoms with Crippen molar-refractivity contribution in [1.82, 2.24) is 4.98 Å². The smallest absolute Gasteiger partial charge is 0.417 e. The minimum Gasteiger partial charge on any atom is -0.480 e. The van der Waals surface area contributed by atoms with E-state index in [1.165, 1.54) is 7.11 Å². The van der Waals surface area contributed by atoms with Crippen LogP contribution in [0.25, 0.3) is 0 Å². The van der Waals surface area contributed by atoms with Crippen LogP contribution in [0.2, 0.25) is 0 Å². The van der Waals surface area contributed by atoms with Gasteiger partial charge in [-0.3, -0.25) is 9.00 Å². The van der Waals surface area contributed by atoms with E-state index < -0.39 is 34.2 Å². The maximum atomic E-state index is 12.9. The molecule has 0 aromatic carbocycles. The highest BCUT2D eigenvalue weighted by Crippen LogP contribution is 2.41. The Kier molecular flexibility index (Phi) is 4.20. The van der Waals surface area contributed by atoms with Crippen LogP contribution >= 0.6 is 0 Å². The predicted molar refractivity (Wildman–Crippen MR) is 77.8 cm³/mol. The van der Waals surface area contributed by atoms with Crippen molar-refractivity contribution in [2.24, 2.45) is 5.92 Å². The third-order valence-electron chi connectivity index (χ3n) is 4.57. The van der Waals surface area contributed by atoms with Gasteiger partial charge in [0.25, 0.3) is 0 Å². The van der Waals surface area contributed by atoms with Crippen molar-refractivity contribution in [1.29, 1.82) is 0 Å². The standard InChI is InChI=1S/C15H16F3NO3S/c1-22-14-12(6-9(7-19-14)15(16,17)18)13(20)8-4-10-2-3-11(5-8)23(10)21/h6-8,10-11H,2-5H2,1H3. The molecule has 0 spiro atoms. The van der Waals surface area contributed by atoms with Crippen LogP contribution in [0.1, 0.15) is 41.6 Å². The molecule has 0 saturated carbocycles. The Morgan fingerprint density at radius 3 is 2.43 bits per heavy atom. The van der Waals surface area contributed by atoms with Crippen LogP contribution in [-0.4, -0.2) is 32.6 Å². The molecule has 2 unspecified atom stereocenters. The van der Waals surface area contributed by atoms with E-state index in [0.717, 1.165) is 18.9 Å². The first kappa shape index (κ1) is 16.4. The Labute approximate surface area is 133 Å². The maximum absolute atomic E-state index is 12.9. The van der Waals surface area contributed by atoms with Crippen LogP contribution in [0.5, 0.6) is 5.88 Å². The van der Waals surface area contributed by atoms with Crippen molar-refractivity contribution in [2.75, 3.05) is 7.11 Å². The summed E-state index contributed by atoms with van der Waals surface area (Å²) in [6.45, 7) is 0. The number of methoxy groups -OCH3 is 1. The summed E-state index contributed by atoms with van der Waals surface area (Å²) >= 11 is 0. The fraction of sp³-hybridized carbons (Fsp3) is 0.600. The van der Waals surface area contributed by atoms with Crippen molar-refractivity contribution >= 4 is 16.6 Å². The van der Waals surface area contributed by atoms with Crippen LogP contribution in [0.15, 0.2) is 12.3 Å². The minimum atomic E-state index is -4.57. The number of ketones is 1. The molecule has 0 N–H and O–H groups in total. The highest BCUT2D eigenvalue weighted by atomic mass is 32.2. The summed E-state index contributed by atoms with van der Waals surface area (Å²) in [5.74, 6) is -0.902. The molecule has 2 atom stereocenters. The number of ether oxygens (including phenoxy) is 1. The van der Waals surface area contributed by atoms with Gasteiger partial charge in [-0.05, 0) is 31.7 Å². The lowest BCUT2D eigenvalue weighted by molar-refractivity contribution is -0.137. The van der Waals surface area contributed by atoms with Gasteiger partial charge in [0.1, 0.15) is 0 Å². The molecule has 1 aromatic heterocycles. The fourth-order valence-corrected chi connectivity index (χ4v) is 5.54. The monoisotopic (exact) mass is 347 g/mol. The molecule has 23 heavy (non-hydrogen) atoms. The van der Waals surface area contributed by atoms with Gasteiger partial charge in [-0.1, -0.05) is 0 Å². The summed E-state index contributed by atoms with van der Waals surface area (Å²) in [6, 6.07) is 0.807. The Bertz CT molecular complexity index is 646. The molecular formula is C15H16F3NO3S. The maximum Gasteiger partial charge on any atom is 0.417 e. The van der Waals surface area contributed by atoms with Crippen LogP contribution in [-0.2, 0) is 17.0 Å². The minimum absolute atomic E-state index is 0.0209. The van der Waals surface area contributed by atoms with Gasteiger partial charge in [-0.25, -0.2) is 4.98 Å². The normalized spacial score (nSPS) is 30.3. The van der Waals surface area contributed by atoms with Crippen LogP contribution in [0.3, 0.4) is 0 Å². The quantitative estimate of drug-likeness (QED) is 0.789. The molecule has 3 rings (SSSR count). The molecule has 2 bridgehead atoms. The molecule has 0 amide bonds. The fourth-order valence-electron chi connectivity index (χ4n) is 3.41. The number of hydrogen-bond acceptors (Lipinski definition) is 4. The third-order valence-corrected chi connectivity index (χ3v) is 6.74. The summed E-state index contributed by atoms with van der Waals surface area (Å²) in [6.07, 6.45) is -1.35. The average Bonchev–Trinajstić information content (AvgIpc) is 2.74. The van der Waals surface area contributed by atoms with E-state index >= 15 is 0 Å². The summed E-state index contributed by atoms with van der Waals surface area (Å²) < 4.78 is 55.6. The van der Waals surface area contributed by atoms with E-state index in [1.807, 2.05) is 0 Å². The van der Waals surface area contributed by atoms with E-state index in [0.29, 0.717) is 19.0 Å². The van der Waals surface area contributed by atoms with Gasteiger partial charge in [-0.2, -0.15) is 13.2 Å². The Balaban J connectivity index is 1.91. The Morgan fingerprint density at radius 2 is 1.91 bits per heavy atom. The number of fused-ring (bicyclic) bond motifs is 2. The van der Waals surface area contributed by atoms with Crippen LogP contribution in [0.4, 0.5) is 13.2 Å². The zero-order chi connectivity index (χ0) is 16.8. The molecule has 0 radical (unpaired) electrons. The number of alkyl halides is 3. The van der Waals surface area contributed by atoms with E-state index in [9.17, 15) is 22.2 Å². The molecule has 8 heteroatoms. The first-order chi connectivity index (χ1) is 10.8. The zero-order valence-electron chi connectivity index (χ0n) is 12.4.